The standard InChI is InChI=1S/C22H27ClN2O5S/c1-3-30-21-11-10-18(13-19(21)23)31(27,28)25-12-6-8-17(15-25)22(26)24-14-16-7-4-5-9-20(16)29-2/h4-5,7,9-11,13,17H,3,6,8,12,14-15H2,1-2H3,(H,24,26)/t17-/m1/s1. The zero-order valence-corrected chi connectivity index (χ0v) is 19.2. The van der Waals surface area contributed by atoms with Gasteiger partial charge in [-0.1, -0.05) is 29.8 Å². The molecule has 0 aliphatic carbocycles. The van der Waals surface area contributed by atoms with E-state index in [-0.39, 0.29) is 22.4 Å². The highest BCUT2D eigenvalue weighted by Crippen LogP contribution is 2.30. The summed E-state index contributed by atoms with van der Waals surface area (Å²) in [6, 6.07) is 11.9. The van der Waals surface area contributed by atoms with Crippen molar-refractivity contribution in [2.24, 2.45) is 5.92 Å². The van der Waals surface area contributed by atoms with Gasteiger partial charge >= 0.3 is 0 Å². The molecule has 1 atom stereocenters. The molecule has 31 heavy (non-hydrogen) atoms. The summed E-state index contributed by atoms with van der Waals surface area (Å²) in [6.45, 7) is 3.08. The molecular formula is C22H27ClN2O5S. The van der Waals surface area contributed by atoms with E-state index in [0.717, 1.165) is 5.56 Å². The van der Waals surface area contributed by atoms with Crippen molar-refractivity contribution in [1.29, 1.82) is 0 Å². The van der Waals surface area contributed by atoms with E-state index >= 15 is 0 Å². The number of methoxy groups -OCH3 is 1. The number of amides is 1. The van der Waals surface area contributed by atoms with Crippen molar-refractivity contribution < 1.29 is 22.7 Å². The van der Waals surface area contributed by atoms with Gasteiger partial charge in [0.2, 0.25) is 15.9 Å². The van der Waals surface area contributed by atoms with E-state index in [4.69, 9.17) is 21.1 Å². The maximum atomic E-state index is 13.1. The molecule has 168 valence electrons. The molecule has 2 aromatic rings. The summed E-state index contributed by atoms with van der Waals surface area (Å²) in [5.41, 5.74) is 0.864. The number of hydrogen-bond donors (Lipinski definition) is 1. The van der Waals surface area contributed by atoms with Crippen LogP contribution in [0.5, 0.6) is 11.5 Å². The number of carbonyl (C=O) groups excluding carboxylic acids is 1. The highest BCUT2D eigenvalue weighted by Gasteiger charge is 2.33. The monoisotopic (exact) mass is 466 g/mol. The first kappa shape index (κ1) is 23.4. The Morgan fingerprint density at radius 1 is 1.23 bits per heavy atom. The van der Waals surface area contributed by atoms with Crippen molar-refractivity contribution >= 4 is 27.5 Å². The van der Waals surface area contributed by atoms with Gasteiger partial charge in [0, 0.05) is 25.2 Å². The lowest BCUT2D eigenvalue weighted by Gasteiger charge is -2.31. The average molecular weight is 467 g/mol. The third kappa shape index (κ3) is 5.50. The summed E-state index contributed by atoms with van der Waals surface area (Å²) >= 11 is 6.17. The highest BCUT2D eigenvalue weighted by atomic mass is 35.5. The maximum absolute atomic E-state index is 13.1. The normalized spacial score (nSPS) is 17.2. The number of nitrogens with zero attached hydrogens (tertiary/aromatic N) is 1. The van der Waals surface area contributed by atoms with Gasteiger partial charge in [-0.05, 0) is 44.0 Å². The molecule has 7 nitrogen and oxygen atoms in total. The number of ether oxygens (including phenoxy) is 2. The summed E-state index contributed by atoms with van der Waals surface area (Å²) in [5, 5.41) is 3.15. The molecule has 0 aromatic heterocycles. The number of hydrogen-bond acceptors (Lipinski definition) is 5. The lowest BCUT2D eigenvalue weighted by molar-refractivity contribution is -0.126. The number of para-hydroxylation sites is 1. The smallest absolute Gasteiger partial charge is 0.243 e. The SMILES string of the molecule is CCOc1ccc(S(=O)(=O)N2CCC[C@@H](C(=O)NCc3ccccc3OC)C2)cc1Cl. The van der Waals surface area contributed by atoms with E-state index in [1.54, 1.807) is 13.2 Å². The molecule has 0 unspecified atom stereocenters. The lowest BCUT2D eigenvalue weighted by Crippen LogP contribution is -2.45. The van der Waals surface area contributed by atoms with Crippen LogP contribution in [0.3, 0.4) is 0 Å². The number of sulfonamides is 1. The summed E-state index contributed by atoms with van der Waals surface area (Å²) in [6.07, 6.45) is 1.24. The fraction of sp³-hybridized carbons (Fsp3) is 0.409. The zero-order valence-electron chi connectivity index (χ0n) is 17.6. The topological polar surface area (TPSA) is 84.9 Å². The molecule has 3 rings (SSSR count). The van der Waals surface area contributed by atoms with Crippen LogP contribution in [0, 0.1) is 5.92 Å². The molecule has 1 heterocycles. The first-order chi connectivity index (χ1) is 14.9. The minimum Gasteiger partial charge on any atom is -0.496 e. The Bertz CT molecular complexity index is 1030. The molecular weight excluding hydrogens is 440 g/mol. The van der Waals surface area contributed by atoms with E-state index in [1.165, 1.54) is 16.4 Å². The van der Waals surface area contributed by atoms with Gasteiger partial charge in [0.05, 0.1) is 29.6 Å². The summed E-state index contributed by atoms with van der Waals surface area (Å²) in [5.74, 6) is 0.547. The summed E-state index contributed by atoms with van der Waals surface area (Å²) in [4.78, 5) is 12.8. The van der Waals surface area contributed by atoms with Crippen LogP contribution in [0.25, 0.3) is 0 Å². The molecule has 1 saturated heterocycles. The van der Waals surface area contributed by atoms with Crippen LogP contribution >= 0.6 is 11.6 Å². The Kier molecular flexibility index (Phi) is 7.80. The zero-order chi connectivity index (χ0) is 22.4. The second-order valence-electron chi connectivity index (χ2n) is 7.26. The molecule has 9 heteroatoms. The Labute approximate surface area is 188 Å². The highest BCUT2D eigenvalue weighted by molar-refractivity contribution is 7.89. The first-order valence-corrected chi connectivity index (χ1v) is 12.0. The molecule has 0 saturated carbocycles. The Balaban J connectivity index is 1.67. The second kappa shape index (κ2) is 10.3. The third-order valence-corrected chi connectivity index (χ3v) is 7.40. The third-order valence-electron chi connectivity index (χ3n) is 5.24. The van der Waals surface area contributed by atoms with Crippen LogP contribution in [0.1, 0.15) is 25.3 Å². The first-order valence-electron chi connectivity index (χ1n) is 10.2. The van der Waals surface area contributed by atoms with Crippen molar-refractivity contribution in [2.75, 3.05) is 26.8 Å². The Morgan fingerprint density at radius 3 is 2.71 bits per heavy atom. The largest absolute Gasteiger partial charge is 0.496 e. The second-order valence-corrected chi connectivity index (χ2v) is 9.60. The van der Waals surface area contributed by atoms with Gasteiger partial charge < -0.3 is 14.8 Å². The van der Waals surface area contributed by atoms with Gasteiger partial charge in [0.1, 0.15) is 11.5 Å². The fourth-order valence-corrected chi connectivity index (χ4v) is 5.46. The molecule has 1 fully saturated rings. The van der Waals surface area contributed by atoms with Crippen molar-refractivity contribution in [3.05, 3.63) is 53.1 Å². The van der Waals surface area contributed by atoms with Crippen molar-refractivity contribution in [3.63, 3.8) is 0 Å². The fourth-order valence-electron chi connectivity index (χ4n) is 3.61. The Hall–Kier alpha value is -2.29. The van der Waals surface area contributed by atoms with Gasteiger partial charge in [-0.2, -0.15) is 4.31 Å². The van der Waals surface area contributed by atoms with Crippen LogP contribution in [0.15, 0.2) is 47.4 Å². The van der Waals surface area contributed by atoms with Crippen LogP contribution in [-0.4, -0.2) is 45.4 Å². The molecule has 1 aliphatic rings. The molecule has 2 aromatic carbocycles. The average Bonchev–Trinajstić information content (AvgIpc) is 2.79. The number of piperidine rings is 1. The minimum atomic E-state index is -3.77. The predicted molar refractivity (Wildman–Crippen MR) is 119 cm³/mol. The van der Waals surface area contributed by atoms with Gasteiger partial charge in [-0.15, -0.1) is 0 Å². The number of rotatable bonds is 8. The van der Waals surface area contributed by atoms with Crippen molar-refractivity contribution in [3.8, 4) is 11.5 Å². The van der Waals surface area contributed by atoms with Crippen molar-refractivity contribution in [1.82, 2.24) is 9.62 Å². The van der Waals surface area contributed by atoms with Gasteiger partial charge in [-0.25, -0.2) is 8.42 Å². The molecule has 1 amide bonds. The van der Waals surface area contributed by atoms with E-state index in [9.17, 15) is 13.2 Å². The number of benzene rings is 2. The van der Waals surface area contributed by atoms with Crippen molar-refractivity contribution in [2.45, 2.75) is 31.2 Å². The molecule has 0 bridgehead atoms. The number of halogens is 1. The summed E-state index contributed by atoms with van der Waals surface area (Å²) in [7, 11) is -2.19. The van der Waals surface area contributed by atoms with E-state index in [2.05, 4.69) is 5.32 Å². The van der Waals surface area contributed by atoms with Crippen LogP contribution < -0.4 is 14.8 Å². The minimum absolute atomic E-state index is 0.0935. The van der Waals surface area contributed by atoms with Gasteiger partial charge in [0.15, 0.2) is 0 Å². The lowest BCUT2D eigenvalue weighted by atomic mass is 9.98. The molecule has 0 spiro atoms. The van der Waals surface area contributed by atoms with E-state index in [0.29, 0.717) is 44.0 Å². The number of nitrogens with one attached hydrogen (secondary N) is 1. The van der Waals surface area contributed by atoms with E-state index in [1.807, 2.05) is 31.2 Å². The predicted octanol–water partition coefficient (Wildman–Crippen LogP) is 3.46. The Morgan fingerprint density at radius 2 is 2.00 bits per heavy atom. The van der Waals surface area contributed by atoms with Gasteiger partial charge in [-0.3, -0.25) is 4.79 Å². The number of carbonyl (C=O) groups is 1. The quantitative estimate of drug-likeness (QED) is 0.644. The molecule has 1 N–H and O–H groups in total. The van der Waals surface area contributed by atoms with E-state index < -0.39 is 15.9 Å². The van der Waals surface area contributed by atoms with Crippen LogP contribution in [0.2, 0.25) is 5.02 Å². The van der Waals surface area contributed by atoms with Crippen LogP contribution in [-0.2, 0) is 21.4 Å². The molecule has 1 aliphatic heterocycles. The molecule has 0 radical (unpaired) electrons. The van der Waals surface area contributed by atoms with Gasteiger partial charge in [0.25, 0.3) is 0 Å². The van der Waals surface area contributed by atoms with Crippen LogP contribution in [0.4, 0.5) is 0 Å². The summed E-state index contributed by atoms with van der Waals surface area (Å²) < 4.78 is 38.3. The maximum Gasteiger partial charge on any atom is 0.243 e.